The van der Waals surface area contributed by atoms with Crippen LogP contribution in [0.15, 0.2) is 12.1 Å². The summed E-state index contributed by atoms with van der Waals surface area (Å²) in [5, 5.41) is 0. The van der Waals surface area contributed by atoms with Crippen molar-refractivity contribution < 1.29 is 19.0 Å². The lowest BCUT2D eigenvalue weighted by atomic mass is 10.0. The van der Waals surface area contributed by atoms with E-state index in [-0.39, 0.29) is 5.97 Å². The van der Waals surface area contributed by atoms with Gasteiger partial charge in [-0.2, -0.15) is 0 Å². The molecule has 0 aliphatic carbocycles. The highest BCUT2D eigenvalue weighted by atomic mass is 28.3. The number of ether oxygens (including phenoxy) is 3. The van der Waals surface area contributed by atoms with Crippen LogP contribution in [0.2, 0.25) is 25.7 Å². The maximum Gasteiger partial charge on any atom is 0.345 e. The van der Waals surface area contributed by atoms with Crippen molar-refractivity contribution in [2.75, 3.05) is 13.7 Å². The van der Waals surface area contributed by atoms with Crippen molar-refractivity contribution in [1.29, 1.82) is 0 Å². The average molecular weight is 294 g/mol. The maximum absolute atomic E-state index is 12.0. The predicted octanol–water partition coefficient (Wildman–Crippen LogP) is 3.53. The molecule has 1 aromatic carbocycles. The third-order valence-corrected chi connectivity index (χ3v) is 5.11. The second kappa shape index (κ2) is 5.58. The Morgan fingerprint density at radius 3 is 2.60 bits per heavy atom. The average Bonchev–Trinajstić information content (AvgIpc) is 2.69. The summed E-state index contributed by atoms with van der Waals surface area (Å²) in [5.41, 5.74) is 2.30. The van der Waals surface area contributed by atoms with Crippen LogP contribution in [0.4, 0.5) is 0 Å². The van der Waals surface area contributed by atoms with Crippen LogP contribution in [-0.2, 0) is 9.47 Å². The van der Waals surface area contributed by atoms with Crippen LogP contribution < -0.4 is 4.74 Å². The molecule has 1 aliphatic rings. The number of cyclic esters (lactones) is 1. The number of benzene rings is 1. The summed E-state index contributed by atoms with van der Waals surface area (Å²) in [7, 11) is 0.382. The van der Waals surface area contributed by atoms with Crippen molar-refractivity contribution in [2.45, 2.75) is 38.9 Å². The molecule has 2 rings (SSSR count). The fourth-order valence-corrected chi connectivity index (χ4v) is 2.90. The molecular weight excluding hydrogens is 272 g/mol. The van der Waals surface area contributed by atoms with E-state index in [2.05, 4.69) is 19.6 Å². The first kappa shape index (κ1) is 15.1. The van der Waals surface area contributed by atoms with Gasteiger partial charge in [0.05, 0.1) is 6.61 Å². The molecule has 5 heteroatoms. The van der Waals surface area contributed by atoms with Crippen molar-refractivity contribution >= 4 is 14.0 Å². The summed E-state index contributed by atoms with van der Waals surface area (Å²) in [6, 6.07) is 4.84. The van der Waals surface area contributed by atoms with E-state index in [0.717, 1.165) is 17.2 Å². The Morgan fingerprint density at radius 1 is 1.30 bits per heavy atom. The van der Waals surface area contributed by atoms with Crippen molar-refractivity contribution in [3.63, 3.8) is 0 Å². The molecule has 20 heavy (non-hydrogen) atoms. The van der Waals surface area contributed by atoms with Crippen LogP contribution >= 0.6 is 0 Å². The van der Waals surface area contributed by atoms with Crippen LogP contribution in [0, 0.1) is 6.92 Å². The van der Waals surface area contributed by atoms with Gasteiger partial charge < -0.3 is 14.2 Å². The second-order valence-electron chi connectivity index (χ2n) is 6.30. The molecule has 1 aliphatic heterocycles. The van der Waals surface area contributed by atoms with E-state index < -0.39 is 14.4 Å². The summed E-state index contributed by atoms with van der Waals surface area (Å²) in [5.74, 6) is 0.243. The Bertz CT molecular complexity index is 519. The zero-order chi connectivity index (χ0) is 14.9. The van der Waals surface area contributed by atoms with Gasteiger partial charge in [-0.15, -0.1) is 0 Å². The first-order chi connectivity index (χ1) is 9.33. The molecule has 4 nitrogen and oxygen atoms in total. The van der Waals surface area contributed by atoms with Gasteiger partial charge in [0.15, 0.2) is 0 Å². The number of esters is 1. The molecule has 0 saturated heterocycles. The standard InChI is InChI=1S/C15H22O4Si/c1-10-6-7-11(18-8-9-20(3,4)5)13-12(10)15(17-2)19-14(13)16/h6-7,15H,8-9H2,1-5H3. The Labute approximate surface area is 121 Å². The van der Waals surface area contributed by atoms with Gasteiger partial charge in [-0.05, 0) is 24.6 Å². The molecule has 0 aromatic heterocycles. The van der Waals surface area contributed by atoms with Gasteiger partial charge in [-0.25, -0.2) is 4.79 Å². The Kier molecular flexibility index (Phi) is 4.20. The number of carbonyl (C=O) groups excluding carboxylic acids is 1. The monoisotopic (exact) mass is 294 g/mol. The third kappa shape index (κ3) is 3.04. The van der Waals surface area contributed by atoms with Crippen molar-refractivity contribution in [3.05, 3.63) is 28.8 Å². The van der Waals surface area contributed by atoms with Gasteiger partial charge in [0.1, 0.15) is 11.3 Å². The molecule has 1 heterocycles. The summed E-state index contributed by atoms with van der Waals surface area (Å²) < 4.78 is 16.2. The van der Waals surface area contributed by atoms with Crippen LogP contribution in [0.3, 0.4) is 0 Å². The van der Waals surface area contributed by atoms with E-state index in [0.29, 0.717) is 17.9 Å². The minimum Gasteiger partial charge on any atom is -0.493 e. The van der Waals surface area contributed by atoms with E-state index in [1.54, 1.807) is 0 Å². The summed E-state index contributed by atoms with van der Waals surface area (Å²) in [6.45, 7) is 9.47. The lowest BCUT2D eigenvalue weighted by molar-refractivity contribution is -0.0818. The number of hydrogen-bond acceptors (Lipinski definition) is 4. The molecule has 0 amide bonds. The molecule has 0 bridgehead atoms. The number of carbonyl (C=O) groups is 1. The van der Waals surface area contributed by atoms with Crippen LogP contribution in [0.25, 0.3) is 0 Å². The van der Waals surface area contributed by atoms with E-state index in [9.17, 15) is 4.79 Å². The highest BCUT2D eigenvalue weighted by Crippen LogP contribution is 2.39. The second-order valence-corrected chi connectivity index (χ2v) is 11.9. The summed E-state index contributed by atoms with van der Waals surface area (Å²) in [4.78, 5) is 12.0. The van der Waals surface area contributed by atoms with Gasteiger partial charge in [-0.1, -0.05) is 25.7 Å². The fraction of sp³-hybridized carbons (Fsp3) is 0.533. The minimum atomic E-state index is -1.15. The first-order valence-electron chi connectivity index (χ1n) is 6.83. The minimum absolute atomic E-state index is 0.362. The normalized spacial score (nSPS) is 17.9. The number of fused-ring (bicyclic) bond motifs is 1. The molecule has 1 atom stereocenters. The molecule has 1 unspecified atom stereocenters. The van der Waals surface area contributed by atoms with E-state index in [4.69, 9.17) is 14.2 Å². The van der Waals surface area contributed by atoms with Gasteiger partial charge in [0.25, 0.3) is 0 Å². The SMILES string of the molecule is COC1OC(=O)c2c(OCC[Si](C)(C)C)ccc(C)c21. The molecule has 0 radical (unpaired) electrons. The topological polar surface area (TPSA) is 44.8 Å². The molecule has 1 aromatic rings. The number of methoxy groups -OCH3 is 1. The van der Waals surface area contributed by atoms with Gasteiger partial charge >= 0.3 is 5.97 Å². The van der Waals surface area contributed by atoms with E-state index in [1.807, 2.05) is 19.1 Å². The molecule has 0 spiro atoms. The van der Waals surface area contributed by atoms with E-state index >= 15 is 0 Å². The smallest absolute Gasteiger partial charge is 0.345 e. The van der Waals surface area contributed by atoms with Crippen molar-refractivity contribution in [3.8, 4) is 5.75 Å². The Balaban J connectivity index is 2.24. The molecule has 0 N–H and O–H groups in total. The largest absolute Gasteiger partial charge is 0.493 e. The maximum atomic E-state index is 12.0. The lowest BCUT2D eigenvalue weighted by Crippen LogP contribution is -2.22. The van der Waals surface area contributed by atoms with Crippen molar-refractivity contribution in [2.24, 2.45) is 0 Å². The number of rotatable bonds is 5. The van der Waals surface area contributed by atoms with Gasteiger partial charge in [0.2, 0.25) is 6.29 Å². The highest BCUT2D eigenvalue weighted by Gasteiger charge is 2.35. The third-order valence-electron chi connectivity index (χ3n) is 3.40. The van der Waals surface area contributed by atoms with Gasteiger partial charge in [0, 0.05) is 20.7 Å². The van der Waals surface area contributed by atoms with Gasteiger partial charge in [-0.3, -0.25) is 0 Å². The Morgan fingerprint density at radius 2 is 2.00 bits per heavy atom. The highest BCUT2D eigenvalue weighted by molar-refractivity contribution is 6.76. The molecule has 0 fully saturated rings. The zero-order valence-electron chi connectivity index (χ0n) is 12.8. The zero-order valence-corrected chi connectivity index (χ0v) is 13.8. The molecular formula is C15H22O4Si. The summed E-state index contributed by atoms with van der Waals surface area (Å²) in [6.07, 6.45) is -0.613. The predicted molar refractivity (Wildman–Crippen MR) is 80.0 cm³/mol. The fourth-order valence-electron chi connectivity index (χ4n) is 2.19. The number of hydrogen-bond donors (Lipinski definition) is 0. The quantitative estimate of drug-likeness (QED) is 0.615. The van der Waals surface area contributed by atoms with Crippen LogP contribution in [0.1, 0.15) is 27.8 Å². The lowest BCUT2D eigenvalue weighted by Gasteiger charge is -2.17. The summed E-state index contributed by atoms with van der Waals surface area (Å²) >= 11 is 0. The first-order valence-corrected chi connectivity index (χ1v) is 10.5. The Hall–Kier alpha value is -1.33. The molecule has 0 saturated carbocycles. The molecule has 110 valence electrons. The van der Waals surface area contributed by atoms with E-state index in [1.165, 1.54) is 7.11 Å². The van der Waals surface area contributed by atoms with Crippen LogP contribution in [-0.4, -0.2) is 27.8 Å². The number of aryl methyl sites for hydroxylation is 1. The van der Waals surface area contributed by atoms with Crippen LogP contribution in [0.5, 0.6) is 5.75 Å². The van der Waals surface area contributed by atoms with Crippen molar-refractivity contribution in [1.82, 2.24) is 0 Å².